The molecule has 0 bridgehead atoms. The lowest BCUT2D eigenvalue weighted by atomic mass is 10.2. The Morgan fingerprint density at radius 2 is 1.90 bits per heavy atom. The number of nitrogens with zero attached hydrogens (tertiary/aromatic N) is 2. The predicted octanol–water partition coefficient (Wildman–Crippen LogP) is 4.87. The SMILES string of the molecule is N#Cc1ccc2ccn(Cc3cc(Cl)ccc3Cl)c2c1. The Morgan fingerprint density at radius 1 is 1.05 bits per heavy atom. The second kappa shape index (κ2) is 5.20. The maximum absolute atomic E-state index is 9.00. The van der Waals surface area contributed by atoms with Crippen molar-refractivity contribution in [3.63, 3.8) is 0 Å². The van der Waals surface area contributed by atoms with E-state index >= 15 is 0 Å². The normalized spacial score (nSPS) is 10.7. The molecule has 98 valence electrons. The van der Waals surface area contributed by atoms with Crippen molar-refractivity contribution >= 4 is 34.1 Å². The summed E-state index contributed by atoms with van der Waals surface area (Å²) >= 11 is 12.2. The van der Waals surface area contributed by atoms with Gasteiger partial charge in [0, 0.05) is 28.3 Å². The molecule has 0 saturated carbocycles. The molecule has 0 N–H and O–H groups in total. The van der Waals surface area contributed by atoms with Gasteiger partial charge in [-0.15, -0.1) is 0 Å². The van der Waals surface area contributed by atoms with Crippen LogP contribution < -0.4 is 0 Å². The van der Waals surface area contributed by atoms with E-state index in [9.17, 15) is 0 Å². The molecule has 0 spiro atoms. The van der Waals surface area contributed by atoms with Crippen LogP contribution in [-0.4, -0.2) is 4.57 Å². The summed E-state index contributed by atoms with van der Waals surface area (Å²) in [5.74, 6) is 0. The van der Waals surface area contributed by atoms with Crippen molar-refractivity contribution in [3.05, 3.63) is 69.8 Å². The Kier molecular flexibility index (Phi) is 3.40. The fourth-order valence-corrected chi connectivity index (χ4v) is 2.61. The molecule has 0 aliphatic heterocycles. The van der Waals surface area contributed by atoms with Crippen LogP contribution in [0.5, 0.6) is 0 Å². The second-order valence-electron chi connectivity index (χ2n) is 4.56. The van der Waals surface area contributed by atoms with Crippen molar-refractivity contribution in [1.82, 2.24) is 4.57 Å². The van der Waals surface area contributed by atoms with Gasteiger partial charge in [-0.05, 0) is 47.3 Å². The summed E-state index contributed by atoms with van der Waals surface area (Å²) in [6, 6.07) is 15.3. The molecule has 4 heteroatoms. The van der Waals surface area contributed by atoms with Crippen LogP contribution in [0.3, 0.4) is 0 Å². The summed E-state index contributed by atoms with van der Waals surface area (Å²) in [4.78, 5) is 0. The third-order valence-electron chi connectivity index (χ3n) is 3.25. The lowest BCUT2D eigenvalue weighted by Gasteiger charge is -2.08. The van der Waals surface area contributed by atoms with Gasteiger partial charge in [0.05, 0.1) is 11.6 Å². The van der Waals surface area contributed by atoms with Crippen molar-refractivity contribution in [2.24, 2.45) is 0 Å². The molecule has 0 fully saturated rings. The molecule has 3 rings (SSSR count). The molecule has 0 unspecified atom stereocenters. The van der Waals surface area contributed by atoms with Gasteiger partial charge in [0.15, 0.2) is 0 Å². The number of hydrogen-bond acceptors (Lipinski definition) is 1. The van der Waals surface area contributed by atoms with Crippen LogP contribution >= 0.6 is 23.2 Å². The molecule has 0 aliphatic carbocycles. The van der Waals surface area contributed by atoms with Crippen LogP contribution in [0.15, 0.2) is 48.7 Å². The largest absolute Gasteiger partial charge is 0.343 e. The molecule has 20 heavy (non-hydrogen) atoms. The molecule has 0 amide bonds. The highest BCUT2D eigenvalue weighted by Crippen LogP contribution is 2.24. The van der Waals surface area contributed by atoms with E-state index in [-0.39, 0.29) is 0 Å². The zero-order valence-electron chi connectivity index (χ0n) is 10.5. The molecule has 1 heterocycles. The quantitative estimate of drug-likeness (QED) is 0.664. The maximum atomic E-state index is 9.00. The summed E-state index contributed by atoms with van der Waals surface area (Å²) in [7, 11) is 0. The summed E-state index contributed by atoms with van der Waals surface area (Å²) in [6.07, 6.45) is 1.99. The van der Waals surface area contributed by atoms with E-state index in [2.05, 4.69) is 10.6 Å². The van der Waals surface area contributed by atoms with Gasteiger partial charge in [-0.25, -0.2) is 0 Å². The van der Waals surface area contributed by atoms with Crippen LogP contribution in [0.1, 0.15) is 11.1 Å². The third-order valence-corrected chi connectivity index (χ3v) is 3.86. The Hall–Kier alpha value is -1.95. The summed E-state index contributed by atoms with van der Waals surface area (Å²) in [6.45, 7) is 0.623. The summed E-state index contributed by atoms with van der Waals surface area (Å²) < 4.78 is 2.06. The van der Waals surface area contributed by atoms with Crippen molar-refractivity contribution < 1.29 is 0 Å². The van der Waals surface area contributed by atoms with Gasteiger partial charge < -0.3 is 4.57 Å². The highest BCUT2D eigenvalue weighted by Gasteiger charge is 2.06. The van der Waals surface area contributed by atoms with E-state index in [0.717, 1.165) is 16.5 Å². The molecule has 1 aromatic heterocycles. The lowest BCUT2D eigenvalue weighted by Crippen LogP contribution is -1.98. The number of nitriles is 1. The zero-order chi connectivity index (χ0) is 14.1. The average molecular weight is 301 g/mol. The molecule has 0 atom stereocenters. The first-order chi connectivity index (χ1) is 9.67. The topological polar surface area (TPSA) is 28.7 Å². The van der Waals surface area contributed by atoms with Crippen molar-refractivity contribution in [1.29, 1.82) is 5.26 Å². The van der Waals surface area contributed by atoms with Crippen molar-refractivity contribution in [2.75, 3.05) is 0 Å². The summed E-state index contributed by atoms with van der Waals surface area (Å²) in [5.41, 5.74) is 2.62. The molecular weight excluding hydrogens is 291 g/mol. The molecule has 2 nitrogen and oxygen atoms in total. The van der Waals surface area contributed by atoms with Gasteiger partial charge in [0.2, 0.25) is 0 Å². The van der Waals surface area contributed by atoms with E-state index in [4.69, 9.17) is 28.5 Å². The highest BCUT2D eigenvalue weighted by molar-refractivity contribution is 6.33. The number of hydrogen-bond donors (Lipinski definition) is 0. The molecule has 0 aliphatic rings. The minimum Gasteiger partial charge on any atom is -0.343 e. The van der Waals surface area contributed by atoms with E-state index < -0.39 is 0 Å². The van der Waals surface area contributed by atoms with Gasteiger partial charge in [-0.3, -0.25) is 0 Å². The van der Waals surface area contributed by atoms with Gasteiger partial charge in [0.25, 0.3) is 0 Å². The average Bonchev–Trinajstić information content (AvgIpc) is 2.85. The van der Waals surface area contributed by atoms with Crippen LogP contribution in [0.2, 0.25) is 10.0 Å². The first-order valence-corrected chi connectivity index (χ1v) is 6.86. The fourth-order valence-electron chi connectivity index (χ4n) is 2.24. The Balaban J connectivity index is 2.07. The number of aromatic nitrogens is 1. The predicted molar refractivity (Wildman–Crippen MR) is 82.2 cm³/mol. The third kappa shape index (κ3) is 2.38. The lowest BCUT2D eigenvalue weighted by molar-refractivity contribution is 0.837. The van der Waals surface area contributed by atoms with Gasteiger partial charge in [0.1, 0.15) is 0 Å². The number of halogens is 2. The maximum Gasteiger partial charge on any atom is 0.0992 e. The van der Waals surface area contributed by atoms with E-state index in [0.29, 0.717) is 22.2 Å². The van der Waals surface area contributed by atoms with Crippen molar-refractivity contribution in [3.8, 4) is 6.07 Å². The minimum absolute atomic E-state index is 0.623. The monoisotopic (exact) mass is 300 g/mol. The van der Waals surface area contributed by atoms with Gasteiger partial charge >= 0.3 is 0 Å². The molecular formula is C16H10Cl2N2. The van der Waals surface area contributed by atoms with E-state index in [1.54, 1.807) is 12.1 Å². The first kappa shape index (κ1) is 13.1. The molecule has 0 radical (unpaired) electrons. The minimum atomic E-state index is 0.623. The van der Waals surface area contributed by atoms with Crippen LogP contribution in [0.4, 0.5) is 0 Å². The zero-order valence-corrected chi connectivity index (χ0v) is 12.0. The standard InChI is InChI=1S/C16H10Cl2N2/c17-14-3-4-15(18)13(8-14)10-20-6-5-12-2-1-11(9-19)7-16(12)20/h1-8H,10H2. The number of fused-ring (bicyclic) bond motifs is 1. The Bertz CT molecular complexity index is 828. The summed E-state index contributed by atoms with van der Waals surface area (Å²) in [5, 5.41) is 11.5. The van der Waals surface area contributed by atoms with Crippen LogP contribution in [0, 0.1) is 11.3 Å². The highest BCUT2D eigenvalue weighted by atomic mass is 35.5. The Morgan fingerprint density at radius 3 is 2.70 bits per heavy atom. The molecule has 3 aromatic rings. The first-order valence-electron chi connectivity index (χ1n) is 6.10. The Labute approximate surface area is 126 Å². The van der Waals surface area contributed by atoms with Crippen LogP contribution in [0.25, 0.3) is 10.9 Å². The van der Waals surface area contributed by atoms with Gasteiger partial charge in [-0.2, -0.15) is 5.26 Å². The van der Waals surface area contributed by atoms with Crippen molar-refractivity contribution in [2.45, 2.75) is 6.54 Å². The molecule has 2 aromatic carbocycles. The van der Waals surface area contributed by atoms with Crippen LogP contribution in [-0.2, 0) is 6.54 Å². The molecule has 0 saturated heterocycles. The number of benzene rings is 2. The van der Waals surface area contributed by atoms with E-state index in [1.807, 2.05) is 36.5 Å². The second-order valence-corrected chi connectivity index (χ2v) is 5.41. The number of rotatable bonds is 2. The fraction of sp³-hybridized carbons (Fsp3) is 0.0625. The smallest absolute Gasteiger partial charge is 0.0992 e. The van der Waals surface area contributed by atoms with Gasteiger partial charge in [-0.1, -0.05) is 29.3 Å². The van der Waals surface area contributed by atoms with E-state index in [1.165, 1.54) is 0 Å².